The fraction of sp³-hybridized carbons (Fsp3) is 0.348. The van der Waals surface area contributed by atoms with E-state index < -0.39 is 5.97 Å². The van der Waals surface area contributed by atoms with Crippen LogP contribution < -0.4 is 10.6 Å². The molecule has 0 saturated heterocycles. The molecule has 150 valence electrons. The Labute approximate surface area is 169 Å². The first-order valence-corrected chi connectivity index (χ1v) is 10.0. The molecule has 2 saturated carbocycles. The van der Waals surface area contributed by atoms with Crippen molar-refractivity contribution in [3.8, 4) is 0 Å². The molecule has 1 unspecified atom stereocenters. The number of carbonyl (C=O) groups excluding carboxylic acids is 3. The summed E-state index contributed by atoms with van der Waals surface area (Å²) in [4.78, 5) is 36.5. The van der Waals surface area contributed by atoms with Gasteiger partial charge in [0, 0.05) is 11.6 Å². The summed E-state index contributed by atoms with van der Waals surface area (Å²) in [5.41, 5.74) is 1.92. The molecular weight excluding hydrogens is 368 g/mol. The average molecular weight is 392 g/mol. The van der Waals surface area contributed by atoms with E-state index in [0.29, 0.717) is 17.2 Å². The fourth-order valence-electron chi connectivity index (χ4n) is 3.31. The van der Waals surface area contributed by atoms with E-state index in [1.54, 1.807) is 24.3 Å². The van der Waals surface area contributed by atoms with Gasteiger partial charge in [-0.05, 0) is 55.4 Å². The highest BCUT2D eigenvalue weighted by Gasteiger charge is 2.33. The molecule has 0 aliphatic heterocycles. The Morgan fingerprint density at radius 3 is 2.41 bits per heavy atom. The summed E-state index contributed by atoms with van der Waals surface area (Å²) in [6, 6.07) is 16.4. The van der Waals surface area contributed by atoms with E-state index in [1.807, 2.05) is 30.3 Å². The van der Waals surface area contributed by atoms with Crippen molar-refractivity contribution < 1.29 is 19.1 Å². The number of carbonyl (C=O) groups is 3. The quantitative estimate of drug-likeness (QED) is 0.674. The maximum Gasteiger partial charge on any atom is 0.338 e. The molecule has 0 radical (unpaired) electrons. The molecule has 0 aromatic heterocycles. The predicted molar refractivity (Wildman–Crippen MR) is 108 cm³/mol. The molecule has 2 aromatic carbocycles. The Balaban J connectivity index is 1.30. The number of ether oxygens (including phenoxy) is 1. The lowest BCUT2D eigenvalue weighted by molar-refractivity contribution is -0.125. The SMILES string of the molecule is O=C(COC(=O)c1cccc(NC(=O)C2CC2)c1)NC(c1ccccc1)C1CC1. The van der Waals surface area contributed by atoms with Crippen LogP contribution in [0.15, 0.2) is 54.6 Å². The van der Waals surface area contributed by atoms with E-state index in [-0.39, 0.29) is 30.4 Å². The zero-order valence-electron chi connectivity index (χ0n) is 16.1. The van der Waals surface area contributed by atoms with Crippen LogP contribution in [0.5, 0.6) is 0 Å². The maximum absolute atomic E-state index is 12.3. The normalized spacial score (nSPS) is 16.6. The second-order valence-corrected chi connectivity index (χ2v) is 7.71. The zero-order valence-corrected chi connectivity index (χ0v) is 16.1. The molecular formula is C23H24N2O4. The van der Waals surface area contributed by atoms with E-state index in [4.69, 9.17) is 4.74 Å². The predicted octanol–water partition coefficient (Wildman–Crippen LogP) is 3.46. The Bertz CT molecular complexity index is 904. The monoisotopic (exact) mass is 392 g/mol. The maximum atomic E-state index is 12.3. The van der Waals surface area contributed by atoms with Crippen LogP contribution >= 0.6 is 0 Å². The van der Waals surface area contributed by atoms with Gasteiger partial charge in [0.25, 0.3) is 5.91 Å². The van der Waals surface area contributed by atoms with Crippen LogP contribution in [0.1, 0.15) is 47.6 Å². The number of esters is 1. The van der Waals surface area contributed by atoms with Gasteiger partial charge >= 0.3 is 5.97 Å². The van der Waals surface area contributed by atoms with Crippen LogP contribution in [0.25, 0.3) is 0 Å². The van der Waals surface area contributed by atoms with Crippen LogP contribution in [0, 0.1) is 11.8 Å². The number of benzene rings is 2. The van der Waals surface area contributed by atoms with Gasteiger partial charge in [-0.25, -0.2) is 4.79 Å². The van der Waals surface area contributed by atoms with Crippen molar-refractivity contribution in [2.24, 2.45) is 11.8 Å². The summed E-state index contributed by atoms with van der Waals surface area (Å²) in [6.07, 6.45) is 3.99. The van der Waals surface area contributed by atoms with Crippen LogP contribution in [-0.2, 0) is 14.3 Å². The van der Waals surface area contributed by atoms with Gasteiger partial charge in [0.2, 0.25) is 5.91 Å². The third-order valence-electron chi connectivity index (χ3n) is 5.22. The van der Waals surface area contributed by atoms with E-state index in [9.17, 15) is 14.4 Å². The molecule has 0 heterocycles. The third kappa shape index (κ3) is 5.22. The molecule has 29 heavy (non-hydrogen) atoms. The third-order valence-corrected chi connectivity index (χ3v) is 5.22. The molecule has 2 fully saturated rings. The number of nitrogens with one attached hydrogen (secondary N) is 2. The van der Waals surface area contributed by atoms with Crippen LogP contribution in [-0.4, -0.2) is 24.4 Å². The Hall–Kier alpha value is -3.15. The van der Waals surface area contributed by atoms with Crippen LogP contribution in [0.3, 0.4) is 0 Å². The minimum Gasteiger partial charge on any atom is -0.452 e. The average Bonchev–Trinajstić information content (AvgIpc) is 3.64. The van der Waals surface area contributed by atoms with Gasteiger partial charge in [-0.2, -0.15) is 0 Å². The van der Waals surface area contributed by atoms with Crippen molar-refractivity contribution >= 4 is 23.5 Å². The summed E-state index contributed by atoms with van der Waals surface area (Å²) in [7, 11) is 0. The first-order chi connectivity index (χ1) is 14.1. The summed E-state index contributed by atoms with van der Waals surface area (Å²) >= 11 is 0. The summed E-state index contributed by atoms with van der Waals surface area (Å²) in [6.45, 7) is -0.340. The number of rotatable bonds is 8. The molecule has 0 spiro atoms. The van der Waals surface area contributed by atoms with Crippen LogP contribution in [0.2, 0.25) is 0 Å². The summed E-state index contributed by atoms with van der Waals surface area (Å²) in [5, 5.41) is 5.79. The smallest absolute Gasteiger partial charge is 0.338 e. The minimum absolute atomic E-state index is 0.0260. The topological polar surface area (TPSA) is 84.5 Å². The summed E-state index contributed by atoms with van der Waals surface area (Å²) < 4.78 is 5.18. The van der Waals surface area contributed by atoms with Crippen molar-refractivity contribution in [2.45, 2.75) is 31.7 Å². The Morgan fingerprint density at radius 1 is 0.966 bits per heavy atom. The first kappa shape index (κ1) is 19.2. The minimum atomic E-state index is -0.592. The van der Waals surface area contributed by atoms with Gasteiger partial charge in [0.15, 0.2) is 6.61 Å². The van der Waals surface area contributed by atoms with E-state index in [2.05, 4.69) is 10.6 Å². The van der Waals surface area contributed by atoms with Gasteiger partial charge in [-0.15, -0.1) is 0 Å². The van der Waals surface area contributed by atoms with Crippen molar-refractivity contribution in [1.82, 2.24) is 5.32 Å². The molecule has 2 N–H and O–H groups in total. The lowest BCUT2D eigenvalue weighted by Gasteiger charge is -2.18. The van der Waals surface area contributed by atoms with E-state index in [0.717, 1.165) is 31.2 Å². The molecule has 0 bridgehead atoms. The van der Waals surface area contributed by atoms with Gasteiger partial charge in [0.1, 0.15) is 0 Å². The summed E-state index contributed by atoms with van der Waals surface area (Å²) in [5.74, 6) is -0.424. The second kappa shape index (κ2) is 8.47. The number of hydrogen-bond donors (Lipinski definition) is 2. The van der Waals surface area contributed by atoms with E-state index >= 15 is 0 Å². The lowest BCUT2D eigenvalue weighted by atomic mass is 10.0. The first-order valence-electron chi connectivity index (χ1n) is 10.0. The highest BCUT2D eigenvalue weighted by molar-refractivity contribution is 5.96. The number of amides is 2. The van der Waals surface area contributed by atoms with E-state index in [1.165, 1.54) is 0 Å². The Morgan fingerprint density at radius 2 is 1.72 bits per heavy atom. The lowest BCUT2D eigenvalue weighted by Crippen LogP contribution is -2.33. The van der Waals surface area contributed by atoms with Gasteiger partial charge in [0.05, 0.1) is 11.6 Å². The Kier molecular flexibility index (Phi) is 5.60. The molecule has 2 amide bonds. The van der Waals surface area contributed by atoms with Gasteiger partial charge in [-0.1, -0.05) is 36.4 Å². The fourth-order valence-corrected chi connectivity index (χ4v) is 3.31. The van der Waals surface area contributed by atoms with Gasteiger partial charge < -0.3 is 15.4 Å². The number of hydrogen-bond acceptors (Lipinski definition) is 4. The largest absolute Gasteiger partial charge is 0.452 e. The van der Waals surface area contributed by atoms with Crippen molar-refractivity contribution in [1.29, 1.82) is 0 Å². The van der Waals surface area contributed by atoms with Crippen molar-refractivity contribution in [2.75, 3.05) is 11.9 Å². The molecule has 2 aliphatic rings. The van der Waals surface area contributed by atoms with Crippen molar-refractivity contribution in [3.05, 3.63) is 65.7 Å². The van der Waals surface area contributed by atoms with Crippen LogP contribution in [0.4, 0.5) is 5.69 Å². The van der Waals surface area contributed by atoms with Crippen molar-refractivity contribution in [3.63, 3.8) is 0 Å². The zero-order chi connectivity index (χ0) is 20.2. The highest BCUT2D eigenvalue weighted by Crippen LogP contribution is 2.40. The standard InChI is InChI=1S/C23H24N2O4/c26-20(25-21(16-9-10-16)15-5-2-1-3-6-15)14-29-23(28)18-7-4-8-19(13-18)24-22(27)17-11-12-17/h1-8,13,16-17,21H,9-12,14H2,(H,24,27)(H,25,26). The second-order valence-electron chi connectivity index (χ2n) is 7.71. The van der Waals surface area contributed by atoms with Gasteiger partial charge in [-0.3, -0.25) is 9.59 Å². The molecule has 2 aromatic rings. The molecule has 6 nitrogen and oxygen atoms in total. The molecule has 4 rings (SSSR count). The molecule has 1 atom stereocenters. The highest BCUT2D eigenvalue weighted by atomic mass is 16.5. The number of anilines is 1. The molecule has 6 heteroatoms. The molecule has 2 aliphatic carbocycles.